The number of pyridine rings is 1. The van der Waals surface area contributed by atoms with Crippen LogP contribution in [0.15, 0.2) is 59.7 Å². The average Bonchev–Trinajstić information content (AvgIpc) is 2.78. The van der Waals surface area contributed by atoms with Gasteiger partial charge in [-0.05, 0) is 43.7 Å². The molecule has 162 valence electrons. The predicted molar refractivity (Wildman–Crippen MR) is 116 cm³/mol. The second-order valence-electron chi connectivity index (χ2n) is 7.01. The van der Waals surface area contributed by atoms with Gasteiger partial charge in [-0.1, -0.05) is 12.1 Å². The molecule has 0 bridgehead atoms. The van der Waals surface area contributed by atoms with Crippen molar-refractivity contribution in [2.75, 3.05) is 13.7 Å². The number of nitrogens with zero attached hydrogens (tertiary/aromatic N) is 3. The molecule has 3 aromatic rings. The van der Waals surface area contributed by atoms with E-state index in [0.29, 0.717) is 30.4 Å². The van der Waals surface area contributed by atoms with E-state index in [4.69, 9.17) is 9.47 Å². The van der Waals surface area contributed by atoms with Crippen molar-refractivity contribution in [3.8, 4) is 11.5 Å². The van der Waals surface area contributed by atoms with Crippen LogP contribution < -0.4 is 20.3 Å². The lowest BCUT2D eigenvalue weighted by molar-refractivity contribution is -0.121. The van der Waals surface area contributed by atoms with Crippen molar-refractivity contribution in [3.63, 3.8) is 0 Å². The molecule has 0 unspecified atom stereocenters. The zero-order chi connectivity index (χ0) is 22.2. The number of carbonyl (C=O) groups is 1. The molecular weight excluding hydrogens is 396 g/mol. The third kappa shape index (κ3) is 5.91. The Morgan fingerprint density at radius 1 is 1.10 bits per heavy atom. The van der Waals surface area contributed by atoms with Crippen LogP contribution in [0.4, 0.5) is 0 Å². The number of carbonyl (C=O) groups excluding carboxylic acids is 1. The first kappa shape index (κ1) is 22.0. The molecule has 1 amide bonds. The van der Waals surface area contributed by atoms with Crippen molar-refractivity contribution in [2.45, 2.75) is 32.9 Å². The molecule has 1 N–H and O–H groups in total. The summed E-state index contributed by atoms with van der Waals surface area (Å²) in [5.41, 5.74) is 1.60. The van der Waals surface area contributed by atoms with E-state index in [1.165, 1.54) is 6.07 Å². The lowest BCUT2D eigenvalue weighted by atomic mass is 10.1. The van der Waals surface area contributed by atoms with Gasteiger partial charge in [0.1, 0.15) is 18.1 Å². The van der Waals surface area contributed by atoms with Crippen molar-refractivity contribution in [3.05, 3.63) is 82.3 Å². The van der Waals surface area contributed by atoms with Crippen molar-refractivity contribution in [1.82, 2.24) is 19.9 Å². The van der Waals surface area contributed by atoms with Gasteiger partial charge in [-0.2, -0.15) is 0 Å². The first-order chi connectivity index (χ1) is 15.0. The smallest absolute Gasteiger partial charge is 0.254 e. The number of aromatic nitrogens is 3. The number of aryl methyl sites for hydroxylation is 1. The Morgan fingerprint density at radius 2 is 1.81 bits per heavy atom. The fourth-order valence-corrected chi connectivity index (χ4v) is 3.19. The molecule has 0 fully saturated rings. The minimum atomic E-state index is -0.168. The topological polar surface area (TPSA) is 95.3 Å². The zero-order valence-electron chi connectivity index (χ0n) is 17.9. The van der Waals surface area contributed by atoms with Crippen LogP contribution in [0.25, 0.3) is 0 Å². The second-order valence-corrected chi connectivity index (χ2v) is 7.01. The maximum Gasteiger partial charge on any atom is 0.254 e. The summed E-state index contributed by atoms with van der Waals surface area (Å²) < 4.78 is 13.0. The van der Waals surface area contributed by atoms with Crippen LogP contribution in [-0.2, 0) is 11.4 Å². The summed E-state index contributed by atoms with van der Waals surface area (Å²) in [4.78, 5) is 32.3. The number of ether oxygens (including phenoxy) is 2. The molecule has 2 heterocycles. The quantitative estimate of drug-likeness (QED) is 0.570. The van der Waals surface area contributed by atoms with E-state index >= 15 is 0 Å². The molecule has 0 saturated heterocycles. The number of benzene rings is 1. The number of amides is 1. The first-order valence-electron chi connectivity index (χ1n) is 10.0. The van der Waals surface area contributed by atoms with Crippen LogP contribution in [0.1, 0.15) is 36.5 Å². The number of nitrogens with one attached hydrogen (secondary N) is 1. The Labute approximate surface area is 180 Å². The minimum Gasteiger partial charge on any atom is -0.493 e. The van der Waals surface area contributed by atoms with Gasteiger partial charge in [0, 0.05) is 31.2 Å². The molecule has 0 radical (unpaired) electrons. The molecule has 31 heavy (non-hydrogen) atoms. The van der Waals surface area contributed by atoms with E-state index in [1.54, 1.807) is 30.1 Å². The largest absolute Gasteiger partial charge is 0.493 e. The van der Waals surface area contributed by atoms with Gasteiger partial charge < -0.3 is 19.4 Å². The molecule has 1 aromatic carbocycles. The lowest BCUT2D eigenvalue weighted by Crippen LogP contribution is -2.25. The summed E-state index contributed by atoms with van der Waals surface area (Å²) in [6.45, 7) is 4.34. The third-order valence-corrected chi connectivity index (χ3v) is 4.85. The van der Waals surface area contributed by atoms with Gasteiger partial charge in [-0.25, -0.2) is 9.97 Å². The van der Waals surface area contributed by atoms with E-state index in [-0.39, 0.29) is 24.1 Å². The SMILES string of the molecule is CNC(=O)CCOc1ccc([C@@H](C)n2c(C)cc(OCc3ncccn3)cc2=O)cc1. The van der Waals surface area contributed by atoms with Gasteiger partial charge in [0.25, 0.3) is 5.56 Å². The van der Waals surface area contributed by atoms with Gasteiger partial charge >= 0.3 is 0 Å². The van der Waals surface area contributed by atoms with E-state index in [0.717, 1.165) is 11.3 Å². The Balaban J connectivity index is 1.67. The van der Waals surface area contributed by atoms with Crippen LogP contribution in [0.2, 0.25) is 0 Å². The highest BCUT2D eigenvalue weighted by atomic mass is 16.5. The molecule has 3 rings (SSSR count). The molecule has 2 aromatic heterocycles. The van der Waals surface area contributed by atoms with E-state index in [9.17, 15) is 9.59 Å². The highest BCUT2D eigenvalue weighted by molar-refractivity contribution is 5.75. The van der Waals surface area contributed by atoms with Crippen LogP contribution in [0.5, 0.6) is 11.5 Å². The lowest BCUT2D eigenvalue weighted by Gasteiger charge is -2.20. The Kier molecular flexibility index (Phi) is 7.37. The van der Waals surface area contributed by atoms with Gasteiger partial charge in [0.2, 0.25) is 5.91 Å². The van der Waals surface area contributed by atoms with Gasteiger partial charge in [-0.15, -0.1) is 0 Å². The maximum absolute atomic E-state index is 12.8. The number of hydrogen-bond donors (Lipinski definition) is 1. The third-order valence-electron chi connectivity index (χ3n) is 4.85. The Morgan fingerprint density at radius 3 is 2.45 bits per heavy atom. The molecule has 8 heteroatoms. The van der Waals surface area contributed by atoms with Gasteiger partial charge in [0.05, 0.1) is 19.1 Å². The molecule has 0 aliphatic rings. The van der Waals surface area contributed by atoms with Gasteiger partial charge in [-0.3, -0.25) is 9.59 Å². The number of rotatable bonds is 9. The van der Waals surface area contributed by atoms with E-state index < -0.39 is 0 Å². The van der Waals surface area contributed by atoms with Crippen molar-refractivity contribution in [1.29, 1.82) is 0 Å². The molecule has 8 nitrogen and oxygen atoms in total. The number of hydrogen-bond acceptors (Lipinski definition) is 6. The van der Waals surface area contributed by atoms with Crippen LogP contribution >= 0.6 is 0 Å². The normalized spacial score (nSPS) is 11.6. The summed E-state index contributed by atoms with van der Waals surface area (Å²) in [6, 6.07) is 12.4. The molecule has 0 aliphatic heterocycles. The summed E-state index contributed by atoms with van der Waals surface area (Å²) in [5.74, 6) is 1.65. The summed E-state index contributed by atoms with van der Waals surface area (Å²) in [7, 11) is 1.60. The average molecular weight is 422 g/mol. The molecular formula is C23H26N4O4. The minimum absolute atomic E-state index is 0.0659. The summed E-state index contributed by atoms with van der Waals surface area (Å²) >= 11 is 0. The highest BCUT2D eigenvalue weighted by Crippen LogP contribution is 2.23. The monoisotopic (exact) mass is 422 g/mol. The molecule has 0 spiro atoms. The summed E-state index contributed by atoms with van der Waals surface area (Å²) in [5, 5.41) is 2.56. The highest BCUT2D eigenvalue weighted by Gasteiger charge is 2.14. The van der Waals surface area contributed by atoms with Crippen molar-refractivity contribution < 1.29 is 14.3 Å². The van der Waals surface area contributed by atoms with Crippen molar-refractivity contribution in [2.24, 2.45) is 0 Å². The molecule has 0 saturated carbocycles. The maximum atomic E-state index is 12.8. The van der Waals surface area contributed by atoms with Crippen LogP contribution in [0.3, 0.4) is 0 Å². The first-order valence-corrected chi connectivity index (χ1v) is 10.0. The van der Waals surface area contributed by atoms with E-state index in [1.807, 2.05) is 44.2 Å². The fraction of sp³-hybridized carbons (Fsp3) is 0.304. The standard InChI is InChI=1S/C23H26N4O4/c1-16-13-20(31-15-21-25-10-4-11-26-21)14-23(29)27(16)17(2)18-5-7-19(8-6-18)30-12-9-22(28)24-3/h4-8,10-11,13-14,17H,9,12,15H2,1-3H3,(H,24,28)/t17-/m1/s1. The van der Waals surface area contributed by atoms with Crippen LogP contribution in [0, 0.1) is 6.92 Å². The Hall–Kier alpha value is -3.68. The van der Waals surface area contributed by atoms with Gasteiger partial charge in [0.15, 0.2) is 5.82 Å². The van der Waals surface area contributed by atoms with Crippen molar-refractivity contribution >= 4 is 5.91 Å². The molecule has 1 atom stereocenters. The molecule has 0 aliphatic carbocycles. The fourth-order valence-electron chi connectivity index (χ4n) is 3.19. The summed E-state index contributed by atoms with van der Waals surface area (Å²) in [6.07, 6.45) is 3.59. The predicted octanol–water partition coefficient (Wildman–Crippen LogP) is 2.65. The van der Waals surface area contributed by atoms with E-state index in [2.05, 4.69) is 15.3 Å². The Bertz CT molecular complexity index is 1070. The second kappa shape index (κ2) is 10.4. The zero-order valence-corrected chi connectivity index (χ0v) is 17.9. The van der Waals surface area contributed by atoms with Crippen LogP contribution in [-0.4, -0.2) is 34.1 Å².